The van der Waals surface area contributed by atoms with E-state index in [0.717, 1.165) is 28.8 Å². The van der Waals surface area contributed by atoms with Crippen molar-refractivity contribution in [2.75, 3.05) is 19.5 Å². The molecular formula is C24H25FN2O6S. The first-order chi connectivity index (χ1) is 16.2. The summed E-state index contributed by atoms with van der Waals surface area (Å²) in [5.74, 6) is -0.779. The van der Waals surface area contributed by atoms with Crippen LogP contribution in [-0.4, -0.2) is 38.4 Å². The first kappa shape index (κ1) is 25.1. The number of hydrogen-bond acceptors (Lipinski definition) is 7. The predicted molar refractivity (Wildman–Crippen MR) is 125 cm³/mol. The number of rotatable bonds is 11. The highest BCUT2D eigenvalue weighted by atomic mass is 32.2. The van der Waals surface area contributed by atoms with Gasteiger partial charge in [-0.1, -0.05) is 12.1 Å². The molecule has 0 saturated carbocycles. The fraction of sp³-hybridized carbons (Fsp3) is 0.292. The summed E-state index contributed by atoms with van der Waals surface area (Å²) < 4.78 is 44.3. The number of carbonyl (C=O) groups excluding carboxylic acids is 1. The van der Waals surface area contributed by atoms with Crippen LogP contribution in [-0.2, 0) is 30.6 Å². The summed E-state index contributed by atoms with van der Waals surface area (Å²) in [7, 11) is -3.34. The Kier molecular flexibility index (Phi) is 8.17. The number of halogens is 1. The molecule has 180 valence electrons. The van der Waals surface area contributed by atoms with E-state index in [4.69, 9.17) is 4.74 Å². The molecule has 1 heterocycles. The third-order valence-corrected chi connectivity index (χ3v) is 6.42. The monoisotopic (exact) mass is 488 g/mol. The molecule has 0 aliphatic heterocycles. The van der Waals surface area contributed by atoms with Gasteiger partial charge in [0.15, 0.2) is 15.2 Å². The van der Waals surface area contributed by atoms with E-state index in [-0.39, 0.29) is 30.3 Å². The van der Waals surface area contributed by atoms with Crippen LogP contribution in [0.3, 0.4) is 0 Å². The van der Waals surface area contributed by atoms with E-state index in [1.54, 1.807) is 24.3 Å². The average molecular weight is 489 g/mol. The van der Waals surface area contributed by atoms with Gasteiger partial charge in [0.05, 0.1) is 23.6 Å². The maximum atomic E-state index is 13.5. The highest BCUT2D eigenvalue weighted by Gasteiger charge is 2.18. The highest BCUT2D eigenvalue weighted by Crippen LogP contribution is 2.31. The van der Waals surface area contributed by atoms with Gasteiger partial charge in [0.25, 0.3) is 0 Å². The van der Waals surface area contributed by atoms with E-state index in [1.807, 2.05) is 17.6 Å². The molecule has 0 spiro atoms. The van der Waals surface area contributed by atoms with E-state index in [0.29, 0.717) is 18.5 Å². The minimum atomic E-state index is -3.34. The number of esters is 1. The van der Waals surface area contributed by atoms with Gasteiger partial charge in [-0.25, -0.2) is 12.8 Å². The van der Waals surface area contributed by atoms with E-state index in [2.05, 4.69) is 10.2 Å². The quantitative estimate of drug-likeness (QED) is 0.170. The Hall–Kier alpha value is -3.53. The van der Waals surface area contributed by atoms with Gasteiger partial charge >= 0.3 is 5.97 Å². The average Bonchev–Trinajstić information content (AvgIpc) is 3.12. The molecule has 2 aromatic carbocycles. The van der Waals surface area contributed by atoms with Crippen LogP contribution in [0.25, 0.3) is 16.9 Å². The van der Waals surface area contributed by atoms with Gasteiger partial charge in [-0.2, -0.15) is 0 Å². The molecular weight excluding hydrogens is 463 g/mol. The Balaban J connectivity index is 1.88. The van der Waals surface area contributed by atoms with Crippen LogP contribution in [0.2, 0.25) is 0 Å². The molecule has 34 heavy (non-hydrogen) atoms. The number of unbranched alkanes of at least 4 members (excludes halogenated alkanes) is 1. The fourth-order valence-electron chi connectivity index (χ4n) is 3.54. The Labute approximate surface area is 197 Å². The summed E-state index contributed by atoms with van der Waals surface area (Å²) >= 11 is 0. The molecule has 3 rings (SSSR count). The van der Waals surface area contributed by atoms with Crippen molar-refractivity contribution in [3.8, 4) is 16.9 Å². The maximum Gasteiger partial charge on any atom is 0.310 e. The van der Waals surface area contributed by atoms with E-state index in [1.165, 1.54) is 24.3 Å². The van der Waals surface area contributed by atoms with Crippen molar-refractivity contribution in [3.05, 3.63) is 76.6 Å². The molecule has 0 aliphatic carbocycles. The van der Waals surface area contributed by atoms with E-state index in [9.17, 15) is 22.5 Å². The molecule has 0 aliphatic rings. The zero-order valence-electron chi connectivity index (χ0n) is 18.9. The lowest BCUT2D eigenvalue weighted by atomic mass is 10.1. The Morgan fingerprint density at radius 3 is 2.29 bits per heavy atom. The number of hydrogen-bond donors (Lipinski definition) is 0. The molecule has 3 aromatic rings. The maximum absolute atomic E-state index is 13.5. The Morgan fingerprint density at radius 2 is 1.68 bits per heavy atom. The van der Waals surface area contributed by atoms with E-state index < -0.39 is 15.8 Å². The lowest BCUT2D eigenvalue weighted by Gasteiger charge is -2.13. The fourth-order valence-corrected chi connectivity index (χ4v) is 4.17. The predicted octanol–water partition coefficient (Wildman–Crippen LogP) is 4.56. The molecule has 0 atom stereocenters. The molecule has 0 saturated heterocycles. The molecule has 0 radical (unpaired) electrons. The number of carbonyl (C=O) groups is 1. The summed E-state index contributed by atoms with van der Waals surface area (Å²) in [6.45, 7) is 2.21. The number of aromatic nitrogens is 1. The molecule has 0 amide bonds. The second-order valence-electron chi connectivity index (χ2n) is 7.76. The highest BCUT2D eigenvalue weighted by molar-refractivity contribution is 7.90. The van der Waals surface area contributed by atoms with Gasteiger partial charge in [0.1, 0.15) is 12.4 Å². The Bertz CT molecular complexity index is 1250. The summed E-state index contributed by atoms with van der Waals surface area (Å²) in [6, 6.07) is 14.3. The van der Waals surface area contributed by atoms with E-state index >= 15 is 0 Å². The van der Waals surface area contributed by atoms with Crippen LogP contribution < -0.4 is 0 Å². The van der Waals surface area contributed by atoms with Gasteiger partial charge in [-0.05, 0) is 73.4 Å². The summed E-state index contributed by atoms with van der Waals surface area (Å²) in [5.41, 5.74) is 3.67. The second-order valence-corrected chi connectivity index (χ2v) is 9.78. The summed E-state index contributed by atoms with van der Waals surface area (Å²) in [5, 5.41) is 2.31. The van der Waals surface area contributed by atoms with Gasteiger partial charge in [0.2, 0.25) is 0 Å². The van der Waals surface area contributed by atoms with Crippen LogP contribution in [0.15, 0.2) is 64.8 Å². The third kappa shape index (κ3) is 6.28. The SMILES string of the molecule is Cc1c(CC(=O)OCCCCON=O)cc(-c2ccc(S(C)(=O)=O)cc2)n1-c1ccc(F)cc1. The zero-order chi connectivity index (χ0) is 24.7. The lowest BCUT2D eigenvalue weighted by molar-refractivity contribution is -0.143. The number of benzene rings is 2. The van der Waals surface area contributed by atoms with Gasteiger partial charge < -0.3 is 14.1 Å². The largest absolute Gasteiger partial charge is 0.465 e. The number of sulfone groups is 1. The third-order valence-electron chi connectivity index (χ3n) is 5.30. The molecule has 10 heteroatoms. The Morgan fingerprint density at radius 1 is 1.03 bits per heavy atom. The van der Waals surface area contributed by atoms with Crippen molar-refractivity contribution in [1.82, 2.24) is 4.57 Å². The van der Waals surface area contributed by atoms with Crippen molar-refractivity contribution in [2.45, 2.75) is 31.1 Å². The lowest BCUT2D eigenvalue weighted by Crippen LogP contribution is -2.10. The van der Waals surface area contributed by atoms with Crippen LogP contribution >= 0.6 is 0 Å². The minimum Gasteiger partial charge on any atom is -0.465 e. The van der Waals surface area contributed by atoms with Crippen molar-refractivity contribution in [1.29, 1.82) is 0 Å². The van der Waals surface area contributed by atoms with Crippen LogP contribution in [0.5, 0.6) is 0 Å². The first-order valence-corrected chi connectivity index (χ1v) is 12.5. The van der Waals surface area contributed by atoms with Crippen molar-refractivity contribution < 1.29 is 27.2 Å². The van der Waals surface area contributed by atoms with Crippen LogP contribution in [0.1, 0.15) is 24.1 Å². The second kappa shape index (κ2) is 11.1. The molecule has 1 aromatic heterocycles. The number of nitrogens with zero attached hydrogens (tertiary/aromatic N) is 2. The molecule has 0 fully saturated rings. The first-order valence-electron chi connectivity index (χ1n) is 10.6. The summed E-state index contributed by atoms with van der Waals surface area (Å²) in [4.78, 5) is 26.8. The van der Waals surface area contributed by atoms with Gasteiger partial charge in [0, 0.05) is 17.6 Å². The van der Waals surface area contributed by atoms with Crippen LogP contribution in [0.4, 0.5) is 4.39 Å². The zero-order valence-corrected chi connectivity index (χ0v) is 19.7. The molecule has 0 N–H and O–H groups in total. The van der Waals surface area contributed by atoms with Gasteiger partial charge in [-0.3, -0.25) is 4.79 Å². The summed E-state index contributed by atoms with van der Waals surface area (Å²) in [6.07, 6.45) is 2.24. The van der Waals surface area contributed by atoms with Crippen molar-refractivity contribution >= 4 is 15.8 Å². The minimum absolute atomic E-state index is 0.0286. The standard InChI is InChI=1S/C24H25FN2O6S/c1-17-19(16-24(28)32-13-3-4-14-33-26-29)15-23(27(17)21-9-7-20(25)8-10-21)18-5-11-22(12-6-18)34(2,30)31/h5-12,15H,3-4,13-14,16H2,1-2H3. The van der Waals surface area contributed by atoms with Crippen molar-refractivity contribution in [3.63, 3.8) is 0 Å². The van der Waals surface area contributed by atoms with Crippen molar-refractivity contribution in [2.24, 2.45) is 5.34 Å². The number of ether oxygens (including phenoxy) is 1. The van der Waals surface area contributed by atoms with Gasteiger partial charge in [-0.15, -0.1) is 4.91 Å². The van der Waals surface area contributed by atoms with Crippen LogP contribution in [0, 0.1) is 17.6 Å². The smallest absolute Gasteiger partial charge is 0.310 e. The molecule has 0 bridgehead atoms. The normalized spacial score (nSPS) is 11.3. The molecule has 0 unspecified atom stereocenters. The topological polar surface area (TPSA) is 104 Å². The molecule has 8 nitrogen and oxygen atoms in total.